The number of ketones is 1. The van der Waals surface area contributed by atoms with Crippen LogP contribution in [0.4, 0.5) is 5.69 Å². The number of hydrogen-bond donors (Lipinski definition) is 1. The van der Waals surface area contributed by atoms with Crippen LogP contribution in [0, 0.1) is 47.8 Å². The lowest BCUT2D eigenvalue weighted by Crippen LogP contribution is -2.28. The summed E-state index contributed by atoms with van der Waals surface area (Å²) in [6.07, 6.45) is 8.08. The first-order chi connectivity index (χ1) is 17.4. The van der Waals surface area contributed by atoms with Gasteiger partial charge in [0.25, 0.3) is 0 Å². The minimum atomic E-state index is 0.00751. The van der Waals surface area contributed by atoms with Crippen molar-refractivity contribution in [3.63, 3.8) is 0 Å². The largest absolute Gasteiger partial charge is 0.326 e. The van der Waals surface area contributed by atoms with Gasteiger partial charge >= 0.3 is 0 Å². The second kappa shape index (κ2) is 10.2. The van der Waals surface area contributed by atoms with Gasteiger partial charge in [0, 0.05) is 23.1 Å². The summed E-state index contributed by atoms with van der Waals surface area (Å²) in [4.78, 5) is 26.4. The Morgan fingerprint density at radius 1 is 1.14 bits per heavy atom. The molecule has 2 fully saturated rings. The lowest BCUT2D eigenvalue weighted by atomic mass is 9.77. The molecule has 3 aliphatic carbocycles. The third kappa shape index (κ3) is 4.61. The zero-order valence-electron chi connectivity index (χ0n) is 21.8. The van der Waals surface area contributed by atoms with Gasteiger partial charge in [-0.1, -0.05) is 44.5 Å². The summed E-state index contributed by atoms with van der Waals surface area (Å²) in [5.74, 6) is 2.56. The van der Waals surface area contributed by atoms with E-state index in [1.54, 1.807) is 0 Å². The number of anilines is 1. The van der Waals surface area contributed by atoms with Crippen molar-refractivity contribution < 1.29 is 9.59 Å². The number of nitrogens with one attached hydrogen (secondary N) is 1. The molecule has 188 valence electrons. The van der Waals surface area contributed by atoms with Gasteiger partial charge in [0.05, 0.1) is 11.6 Å². The van der Waals surface area contributed by atoms with Gasteiger partial charge in [0.1, 0.15) is 0 Å². The van der Waals surface area contributed by atoms with E-state index in [2.05, 4.69) is 38.2 Å². The minimum absolute atomic E-state index is 0.00751. The highest BCUT2D eigenvalue weighted by atomic mass is 16.2. The van der Waals surface area contributed by atoms with Gasteiger partial charge in [-0.2, -0.15) is 5.26 Å². The summed E-state index contributed by atoms with van der Waals surface area (Å²) in [5.41, 5.74) is 5.91. The molecule has 5 rings (SSSR count). The maximum atomic E-state index is 13.3. The molecule has 0 heterocycles. The first kappa shape index (κ1) is 24.8. The number of nitrogens with zero attached hydrogens (tertiary/aromatic N) is 1. The van der Waals surface area contributed by atoms with Crippen molar-refractivity contribution in [3.8, 4) is 6.07 Å². The third-order valence-corrected chi connectivity index (χ3v) is 9.32. The first-order valence-electron chi connectivity index (χ1n) is 13.9. The maximum absolute atomic E-state index is 13.3. The predicted octanol–water partition coefficient (Wildman–Crippen LogP) is 7.21. The number of rotatable bonds is 6. The number of carbonyl (C=O) groups is 2. The molecular formula is C32H38N2O2. The van der Waals surface area contributed by atoms with Gasteiger partial charge in [0.15, 0.2) is 5.78 Å². The standard InChI is InChI=1S/C32H38N2O2/c1-4-6-19(2)25-14-13-24(17-23(25)18-33)34-32(36)22-11-9-21(10-12-22)29-28-16-15-26-20(3)7-5-8-27(26)31(35)30(28)29/h5,7-8,13-14,17,19,21-22,28-30H,4,6,9-12,15-16H2,1-3H3,(H,34,36). The molecule has 0 radical (unpaired) electrons. The number of nitriles is 1. The monoisotopic (exact) mass is 482 g/mol. The number of fused-ring (bicyclic) bond motifs is 2. The van der Waals surface area contributed by atoms with E-state index in [9.17, 15) is 14.9 Å². The van der Waals surface area contributed by atoms with Gasteiger partial charge in [0.2, 0.25) is 5.91 Å². The smallest absolute Gasteiger partial charge is 0.227 e. The summed E-state index contributed by atoms with van der Waals surface area (Å²) < 4.78 is 0. The molecule has 4 heteroatoms. The molecule has 0 aliphatic heterocycles. The molecule has 4 nitrogen and oxygen atoms in total. The van der Waals surface area contributed by atoms with Crippen LogP contribution in [0.3, 0.4) is 0 Å². The maximum Gasteiger partial charge on any atom is 0.227 e. The van der Waals surface area contributed by atoms with Crippen molar-refractivity contribution in [2.75, 3.05) is 5.32 Å². The van der Waals surface area contributed by atoms with Crippen molar-refractivity contribution in [1.82, 2.24) is 0 Å². The lowest BCUT2D eigenvalue weighted by Gasteiger charge is -2.28. The normalized spacial score (nSPS) is 27.7. The Labute approximate surface area is 215 Å². The number of hydrogen-bond acceptors (Lipinski definition) is 3. The predicted molar refractivity (Wildman–Crippen MR) is 143 cm³/mol. The fraction of sp³-hybridized carbons (Fsp3) is 0.531. The molecule has 0 aromatic heterocycles. The van der Waals surface area contributed by atoms with Gasteiger partial charge in [-0.05, 0) is 104 Å². The quantitative estimate of drug-likeness (QED) is 0.473. The van der Waals surface area contributed by atoms with Crippen molar-refractivity contribution in [1.29, 1.82) is 5.26 Å². The summed E-state index contributed by atoms with van der Waals surface area (Å²) in [5, 5.41) is 12.7. The van der Waals surface area contributed by atoms with Gasteiger partial charge in [-0.3, -0.25) is 9.59 Å². The summed E-state index contributed by atoms with van der Waals surface area (Å²) >= 11 is 0. The van der Waals surface area contributed by atoms with Crippen molar-refractivity contribution >= 4 is 17.4 Å². The average Bonchev–Trinajstić information content (AvgIpc) is 3.63. The van der Waals surface area contributed by atoms with E-state index in [0.717, 1.165) is 68.2 Å². The Bertz CT molecular complexity index is 1200. The van der Waals surface area contributed by atoms with E-state index in [0.29, 0.717) is 35.0 Å². The molecule has 4 unspecified atom stereocenters. The fourth-order valence-electron chi connectivity index (χ4n) is 7.30. The minimum Gasteiger partial charge on any atom is -0.326 e. The van der Waals surface area contributed by atoms with E-state index in [1.807, 2.05) is 30.3 Å². The second-order valence-corrected chi connectivity index (χ2v) is 11.5. The Morgan fingerprint density at radius 3 is 2.64 bits per heavy atom. The first-order valence-corrected chi connectivity index (χ1v) is 13.9. The zero-order valence-corrected chi connectivity index (χ0v) is 21.8. The van der Waals surface area contributed by atoms with E-state index < -0.39 is 0 Å². The zero-order chi connectivity index (χ0) is 25.4. The van der Waals surface area contributed by atoms with Crippen LogP contribution >= 0.6 is 0 Å². The number of aryl methyl sites for hydroxylation is 1. The van der Waals surface area contributed by atoms with E-state index in [1.165, 1.54) is 11.1 Å². The number of benzene rings is 2. The second-order valence-electron chi connectivity index (χ2n) is 11.5. The van der Waals surface area contributed by atoms with Gasteiger partial charge < -0.3 is 5.32 Å². The van der Waals surface area contributed by atoms with Crippen LogP contribution in [-0.2, 0) is 11.2 Å². The van der Waals surface area contributed by atoms with Crippen LogP contribution in [0.5, 0.6) is 0 Å². The molecule has 2 aromatic carbocycles. The molecule has 0 bridgehead atoms. The molecule has 36 heavy (non-hydrogen) atoms. The molecule has 4 atom stereocenters. The SMILES string of the molecule is CCCC(C)c1ccc(NC(=O)C2CCC(C3C4CCc5c(C)cccc5C(=O)C43)CC2)cc1C#N. The van der Waals surface area contributed by atoms with Crippen LogP contribution in [0.2, 0.25) is 0 Å². The molecule has 1 amide bonds. The van der Waals surface area contributed by atoms with Crippen LogP contribution in [0.1, 0.15) is 97.3 Å². The van der Waals surface area contributed by atoms with E-state index in [-0.39, 0.29) is 17.7 Å². The third-order valence-electron chi connectivity index (χ3n) is 9.32. The average molecular weight is 483 g/mol. The van der Waals surface area contributed by atoms with Crippen LogP contribution in [-0.4, -0.2) is 11.7 Å². The Hall–Kier alpha value is -2.93. The lowest BCUT2D eigenvalue weighted by molar-refractivity contribution is -0.121. The molecule has 1 N–H and O–H groups in total. The highest BCUT2D eigenvalue weighted by molar-refractivity contribution is 6.02. The van der Waals surface area contributed by atoms with Gasteiger partial charge in [-0.15, -0.1) is 0 Å². The number of Topliss-reactive ketones (excluding diaryl/α,β-unsaturated/α-hetero) is 1. The number of carbonyl (C=O) groups excluding carboxylic acids is 2. The molecule has 3 aliphatic rings. The van der Waals surface area contributed by atoms with E-state index >= 15 is 0 Å². The topological polar surface area (TPSA) is 70.0 Å². The highest BCUT2D eigenvalue weighted by Crippen LogP contribution is 2.59. The Morgan fingerprint density at radius 2 is 1.92 bits per heavy atom. The van der Waals surface area contributed by atoms with Gasteiger partial charge in [-0.25, -0.2) is 0 Å². The molecule has 0 saturated heterocycles. The molecule has 2 aromatic rings. The fourth-order valence-corrected chi connectivity index (χ4v) is 7.30. The molecular weight excluding hydrogens is 444 g/mol. The summed E-state index contributed by atoms with van der Waals surface area (Å²) in [6.45, 7) is 6.43. The Kier molecular flexibility index (Phi) is 7.02. The summed E-state index contributed by atoms with van der Waals surface area (Å²) in [7, 11) is 0. The van der Waals surface area contributed by atoms with Crippen LogP contribution in [0.15, 0.2) is 36.4 Å². The van der Waals surface area contributed by atoms with Crippen LogP contribution < -0.4 is 5.32 Å². The van der Waals surface area contributed by atoms with Crippen molar-refractivity contribution in [3.05, 3.63) is 64.2 Å². The number of amides is 1. The van der Waals surface area contributed by atoms with Crippen molar-refractivity contribution in [2.45, 2.75) is 78.1 Å². The Balaban J connectivity index is 1.18. The molecule has 0 spiro atoms. The van der Waals surface area contributed by atoms with Crippen molar-refractivity contribution in [2.24, 2.45) is 29.6 Å². The van der Waals surface area contributed by atoms with Crippen LogP contribution in [0.25, 0.3) is 0 Å². The van der Waals surface area contributed by atoms with E-state index in [4.69, 9.17) is 0 Å². The molecule has 2 saturated carbocycles. The highest BCUT2D eigenvalue weighted by Gasteiger charge is 2.58. The summed E-state index contributed by atoms with van der Waals surface area (Å²) in [6, 6.07) is 14.2.